The Labute approximate surface area is 175 Å². The van der Waals surface area contributed by atoms with Crippen LogP contribution in [-0.2, 0) is 0 Å². The molecule has 4 aromatic rings. The van der Waals surface area contributed by atoms with Crippen molar-refractivity contribution < 1.29 is 4.79 Å². The van der Waals surface area contributed by atoms with Gasteiger partial charge in [-0.15, -0.1) is 0 Å². The molecule has 1 amide bonds. The highest BCUT2D eigenvalue weighted by Crippen LogP contribution is 2.22. The van der Waals surface area contributed by atoms with Gasteiger partial charge >= 0.3 is 0 Å². The quantitative estimate of drug-likeness (QED) is 0.400. The van der Waals surface area contributed by atoms with E-state index in [4.69, 9.17) is 11.6 Å². The zero-order valence-electron chi connectivity index (χ0n) is 14.6. The number of aromatic nitrogens is 2. The Bertz CT molecular complexity index is 1100. The zero-order valence-corrected chi connectivity index (χ0v) is 17.0. The molecule has 0 fully saturated rings. The van der Waals surface area contributed by atoms with E-state index in [1.807, 2.05) is 59.3 Å². The van der Waals surface area contributed by atoms with Crippen molar-refractivity contribution in [2.75, 3.05) is 5.32 Å². The van der Waals surface area contributed by atoms with Gasteiger partial charge in [0.15, 0.2) is 0 Å². The molecule has 0 spiro atoms. The van der Waals surface area contributed by atoms with Crippen LogP contribution in [-0.4, -0.2) is 15.5 Å². The van der Waals surface area contributed by atoms with Crippen molar-refractivity contribution in [2.24, 2.45) is 0 Å². The predicted molar refractivity (Wildman–Crippen MR) is 116 cm³/mol. The van der Waals surface area contributed by atoms with Crippen molar-refractivity contribution in [2.45, 2.75) is 0 Å². The third-order valence-electron chi connectivity index (χ3n) is 4.25. The first-order valence-electron chi connectivity index (χ1n) is 8.56. The molecule has 1 N–H and O–H groups in total. The van der Waals surface area contributed by atoms with Crippen LogP contribution in [0.2, 0.25) is 5.02 Å². The fourth-order valence-electron chi connectivity index (χ4n) is 2.76. The third-order valence-corrected chi connectivity index (χ3v) is 5.03. The van der Waals surface area contributed by atoms with Crippen molar-refractivity contribution in [3.05, 3.63) is 100 Å². The lowest BCUT2D eigenvalue weighted by molar-refractivity contribution is 0.102. The fourth-order valence-corrected chi connectivity index (χ4v) is 3.15. The minimum Gasteiger partial charge on any atom is -0.322 e. The summed E-state index contributed by atoms with van der Waals surface area (Å²) in [6.07, 6.45) is 3.76. The van der Waals surface area contributed by atoms with Gasteiger partial charge < -0.3 is 9.88 Å². The highest BCUT2D eigenvalue weighted by molar-refractivity contribution is 9.10. The number of carbonyl (C=O) groups is 1. The molecule has 0 bridgehead atoms. The average molecular weight is 453 g/mol. The molecule has 3 aromatic carbocycles. The second kappa shape index (κ2) is 8.00. The Kier molecular flexibility index (Phi) is 5.28. The van der Waals surface area contributed by atoms with Gasteiger partial charge in [0.25, 0.3) is 5.91 Å². The van der Waals surface area contributed by atoms with E-state index >= 15 is 0 Å². The lowest BCUT2D eigenvalue weighted by Crippen LogP contribution is -2.11. The number of anilines is 1. The van der Waals surface area contributed by atoms with Crippen LogP contribution in [0.1, 0.15) is 10.4 Å². The molecule has 138 valence electrons. The maximum atomic E-state index is 12.3. The summed E-state index contributed by atoms with van der Waals surface area (Å²) in [6, 6.07) is 22.4. The van der Waals surface area contributed by atoms with E-state index in [0.29, 0.717) is 10.6 Å². The number of hydrogen-bond acceptors (Lipinski definition) is 2. The number of rotatable bonds is 4. The molecule has 0 aliphatic carbocycles. The van der Waals surface area contributed by atoms with E-state index < -0.39 is 0 Å². The number of nitrogens with one attached hydrogen (secondary N) is 1. The van der Waals surface area contributed by atoms with Crippen molar-refractivity contribution in [3.63, 3.8) is 0 Å². The molecule has 28 heavy (non-hydrogen) atoms. The molecule has 0 saturated carbocycles. The number of amides is 1. The van der Waals surface area contributed by atoms with Gasteiger partial charge in [0.1, 0.15) is 0 Å². The highest BCUT2D eigenvalue weighted by atomic mass is 79.9. The summed E-state index contributed by atoms with van der Waals surface area (Å²) in [7, 11) is 0. The number of benzene rings is 3. The van der Waals surface area contributed by atoms with Crippen LogP contribution in [0.3, 0.4) is 0 Å². The smallest absolute Gasteiger partial charge is 0.255 e. The molecule has 1 heterocycles. The van der Waals surface area contributed by atoms with Gasteiger partial charge in [-0.2, -0.15) is 0 Å². The summed E-state index contributed by atoms with van der Waals surface area (Å²) >= 11 is 9.30. The van der Waals surface area contributed by atoms with Gasteiger partial charge in [-0.25, -0.2) is 4.98 Å². The summed E-state index contributed by atoms with van der Waals surface area (Å²) in [6.45, 7) is 0. The predicted octanol–water partition coefficient (Wildman–Crippen LogP) is 6.21. The summed E-state index contributed by atoms with van der Waals surface area (Å²) in [5.74, 6) is -0.177. The summed E-state index contributed by atoms with van der Waals surface area (Å²) in [4.78, 5) is 16.8. The minimum absolute atomic E-state index is 0.177. The van der Waals surface area contributed by atoms with Crippen LogP contribution in [0.5, 0.6) is 0 Å². The molecule has 0 radical (unpaired) electrons. The molecule has 0 atom stereocenters. The largest absolute Gasteiger partial charge is 0.322 e. The van der Waals surface area contributed by atoms with Crippen LogP contribution >= 0.6 is 27.5 Å². The van der Waals surface area contributed by atoms with Gasteiger partial charge in [0.2, 0.25) is 0 Å². The topological polar surface area (TPSA) is 46.9 Å². The van der Waals surface area contributed by atoms with Crippen molar-refractivity contribution in [1.82, 2.24) is 9.55 Å². The van der Waals surface area contributed by atoms with E-state index in [9.17, 15) is 4.79 Å². The number of halogens is 2. The molecular weight excluding hydrogens is 438 g/mol. The van der Waals surface area contributed by atoms with E-state index in [0.717, 1.165) is 27.1 Å². The number of hydrogen-bond donors (Lipinski definition) is 1. The Hall–Kier alpha value is -2.89. The number of imidazole rings is 1. The standard InChI is InChI=1S/C22H15BrClN3O/c23-17-5-11-20(12-6-17)27-13-21(25-14-27)15-3-9-19(10-4-15)26-22(28)16-1-7-18(24)8-2-16/h1-14H,(H,26,28). The first kappa shape index (κ1) is 18.5. The van der Waals surface area contributed by atoms with Gasteiger partial charge in [-0.3, -0.25) is 4.79 Å². The van der Waals surface area contributed by atoms with E-state index in [2.05, 4.69) is 26.2 Å². The fraction of sp³-hybridized carbons (Fsp3) is 0. The van der Waals surface area contributed by atoms with Crippen LogP contribution in [0.4, 0.5) is 5.69 Å². The number of carbonyl (C=O) groups excluding carboxylic acids is 1. The molecule has 0 unspecified atom stereocenters. The molecule has 6 heteroatoms. The Balaban J connectivity index is 1.48. The lowest BCUT2D eigenvalue weighted by Gasteiger charge is -2.06. The van der Waals surface area contributed by atoms with Gasteiger partial charge in [-0.05, 0) is 60.7 Å². The minimum atomic E-state index is -0.177. The lowest BCUT2D eigenvalue weighted by atomic mass is 10.1. The number of nitrogens with zero attached hydrogens (tertiary/aromatic N) is 2. The monoisotopic (exact) mass is 451 g/mol. The third kappa shape index (κ3) is 4.16. The van der Waals surface area contributed by atoms with E-state index in [-0.39, 0.29) is 5.91 Å². The Morgan fingerprint density at radius 2 is 1.61 bits per heavy atom. The molecule has 1 aromatic heterocycles. The Morgan fingerprint density at radius 1 is 0.929 bits per heavy atom. The normalized spacial score (nSPS) is 10.6. The summed E-state index contributed by atoms with van der Waals surface area (Å²) in [5.41, 5.74) is 4.14. The van der Waals surface area contributed by atoms with Crippen molar-refractivity contribution >= 4 is 39.1 Å². The van der Waals surface area contributed by atoms with Crippen molar-refractivity contribution in [1.29, 1.82) is 0 Å². The first-order chi connectivity index (χ1) is 13.6. The molecule has 0 aliphatic heterocycles. The van der Waals surface area contributed by atoms with Crippen LogP contribution in [0.15, 0.2) is 89.8 Å². The summed E-state index contributed by atoms with van der Waals surface area (Å²) in [5, 5.41) is 3.48. The molecular formula is C22H15BrClN3O. The molecule has 4 nitrogen and oxygen atoms in total. The van der Waals surface area contributed by atoms with Crippen LogP contribution < -0.4 is 5.32 Å². The van der Waals surface area contributed by atoms with E-state index in [1.165, 1.54) is 0 Å². The first-order valence-corrected chi connectivity index (χ1v) is 9.73. The molecule has 0 saturated heterocycles. The molecule has 0 aliphatic rings. The maximum absolute atomic E-state index is 12.3. The second-order valence-corrected chi connectivity index (χ2v) is 7.53. The summed E-state index contributed by atoms with van der Waals surface area (Å²) < 4.78 is 3.01. The van der Waals surface area contributed by atoms with Gasteiger partial charge in [-0.1, -0.05) is 39.7 Å². The average Bonchev–Trinajstić information content (AvgIpc) is 3.20. The van der Waals surface area contributed by atoms with Gasteiger partial charge in [0.05, 0.1) is 12.0 Å². The second-order valence-electron chi connectivity index (χ2n) is 6.18. The van der Waals surface area contributed by atoms with Crippen LogP contribution in [0.25, 0.3) is 16.9 Å². The SMILES string of the molecule is O=C(Nc1ccc(-c2cn(-c3ccc(Br)cc3)cn2)cc1)c1ccc(Cl)cc1. The van der Waals surface area contributed by atoms with Crippen LogP contribution in [0, 0.1) is 0 Å². The van der Waals surface area contributed by atoms with Crippen molar-refractivity contribution in [3.8, 4) is 16.9 Å². The maximum Gasteiger partial charge on any atom is 0.255 e. The zero-order chi connectivity index (χ0) is 19.5. The highest BCUT2D eigenvalue weighted by Gasteiger charge is 2.07. The molecule has 4 rings (SSSR count). The Morgan fingerprint density at radius 3 is 2.29 bits per heavy atom. The van der Waals surface area contributed by atoms with Gasteiger partial charge in [0, 0.05) is 38.2 Å². The van der Waals surface area contributed by atoms with E-state index in [1.54, 1.807) is 30.6 Å².